The third-order valence-corrected chi connectivity index (χ3v) is 5.18. The van der Waals surface area contributed by atoms with E-state index in [1.165, 1.54) is 11.3 Å². The van der Waals surface area contributed by atoms with Gasteiger partial charge in [-0.25, -0.2) is 4.68 Å². The fourth-order valence-electron chi connectivity index (χ4n) is 2.70. The van der Waals surface area contributed by atoms with Crippen molar-refractivity contribution in [3.63, 3.8) is 0 Å². The quantitative estimate of drug-likeness (QED) is 0.592. The molecule has 0 radical (unpaired) electrons. The van der Waals surface area contributed by atoms with Crippen molar-refractivity contribution in [2.45, 2.75) is 13.5 Å². The standard InChI is InChI=1S/C20H16N4O2S/c1-13-7-9-15(10-8-13)21-18(25)12-24-20(26)16-11-17(27-19(16)22-23-24)14-5-3-2-4-6-14/h2-11H,12H2,1H3,(H,21,25). The average Bonchev–Trinajstić information content (AvgIpc) is 3.12. The van der Waals surface area contributed by atoms with E-state index >= 15 is 0 Å². The minimum atomic E-state index is -0.326. The van der Waals surface area contributed by atoms with Gasteiger partial charge in [-0.05, 0) is 30.7 Å². The highest BCUT2D eigenvalue weighted by atomic mass is 32.1. The summed E-state index contributed by atoms with van der Waals surface area (Å²) < 4.78 is 1.09. The summed E-state index contributed by atoms with van der Waals surface area (Å²) >= 11 is 1.41. The van der Waals surface area contributed by atoms with Crippen molar-refractivity contribution < 1.29 is 4.79 Å². The van der Waals surface area contributed by atoms with E-state index in [0.29, 0.717) is 15.9 Å². The monoisotopic (exact) mass is 376 g/mol. The van der Waals surface area contributed by atoms with Crippen LogP contribution in [0.4, 0.5) is 5.69 Å². The van der Waals surface area contributed by atoms with Crippen molar-refractivity contribution >= 4 is 33.1 Å². The smallest absolute Gasteiger partial charge is 0.279 e. The molecule has 0 bridgehead atoms. The van der Waals surface area contributed by atoms with E-state index in [-0.39, 0.29) is 18.0 Å². The number of nitrogens with zero attached hydrogens (tertiary/aromatic N) is 3. The molecule has 0 atom stereocenters. The second-order valence-corrected chi connectivity index (χ2v) is 7.19. The molecule has 1 N–H and O–H groups in total. The van der Waals surface area contributed by atoms with Crippen LogP contribution < -0.4 is 10.9 Å². The molecule has 1 amide bonds. The minimum Gasteiger partial charge on any atom is -0.324 e. The first-order chi connectivity index (χ1) is 13.1. The van der Waals surface area contributed by atoms with Gasteiger partial charge in [-0.15, -0.1) is 16.4 Å². The van der Waals surface area contributed by atoms with E-state index in [1.807, 2.05) is 61.5 Å². The summed E-state index contributed by atoms with van der Waals surface area (Å²) in [6, 6.07) is 19.0. The molecule has 27 heavy (non-hydrogen) atoms. The number of carbonyl (C=O) groups is 1. The lowest BCUT2D eigenvalue weighted by atomic mass is 10.2. The molecule has 2 heterocycles. The molecule has 0 fully saturated rings. The second-order valence-electron chi connectivity index (χ2n) is 6.16. The lowest BCUT2D eigenvalue weighted by Gasteiger charge is -2.06. The number of carbonyl (C=O) groups excluding carboxylic acids is 1. The Labute approximate surface area is 159 Å². The molecular formula is C20H16N4O2S. The summed E-state index contributed by atoms with van der Waals surface area (Å²) in [5.41, 5.74) is 2.47. The van der Waals surface area contributed by atoms with Crippen LogP contribution in [0.2, 0.25) is 0 Å². The number of thiophene rings is 1. The van der Waals surface area contributed by atoms with Crippen LogP contribution in [-0.2, 0) is 11.3 Å². The van der Waals surface area contributed by atoms with Crippen molar-refractivity contribution in [2.24, 2.45) is 0 Å². The van der Waals surface area contributed by atoms with Crippen LogP contribution >= 0.6 is 11.3 Å². The van der Waals surface area contributed by atoms with Gasteiger partial charge in [0.25, 0.3) is 5.56 Å². The van der Waals surface area contributed by atoms with Crippen molar-refractivity contribution in [1.82, 2.24) is 15.0 Å². The number of fused-ring (bicyclic) bond motifs is 1. The molecule has 0 aliphatic carbocycles. The van der Waals surface area contributed by atoms with Crippen molar-refractivity contribution in [3.8, 4) is 10.4 Å². The van der Waals surface area contributed by atoms with Crippen LogP contribution in [0.5, 0.6) is 0 Å². The Morgan fingerprint density at radius 1 is 1.11 bits per heavy atom. The third kappa shape index (κ3) is 3.63. The molecular weight excluding hydrogens is 360 g/mol. The Kier molecular flexibility index (Phi) is 4.52. The van der Waals surface area contributed by atoms with Gasteiger partial charge in [0.05, 0.1) is 5.39 Å². The highest BCUT2D eigenvalue weighted by molar-refractivity contribution is 7.21. The maximum atomic E-state index is 12.7. The number of rotatable bonds is 4. The lowest BCUT2D eigenvalue weighted by molar-refractivity contribution is -0.117. The highest BCUT2D eigenvalue weighted by Crippen LogP contribution is 2.30. The topological polar surface area (TPSA) is 76.9 Å². The molecule has 134 valence electrons. The maximum Gasteiger partial charge on any atom is 0.279 e. The number of amides is 1. The van der Waals surface area contributed by atoms with E-state index in [4.69, 9.17) is 0 Å². The second kappa shape index (κ2) is 7.13. The summed E-state index contributed by atoms with van der Waals surface area (Å²) in [5, 5.41) is 11.3. The van der Waals surface area contributed by atoms with Gasteiger partial charge in [-0.2, -0.15) is 0 Å². The summed E-state index contributed by atoms with van der Waals surface area (Å²) in [6.07, 6.45) is 0. The highest BCUT2D eigenvalue weighted by Gasteiger charge is 2.13. The number of benzene rings is 2. The molecule has 0 aliphatic rings. The molecule has 7 heteroatoms. The van der Waals surface area contributed by atoms with Gasteiger partial charge in [0.15, 0.2) is 4.83 Å². The van der Waals surface area contributed by atoms with Gasteiger partial charge < -0.3 is 5.32 Å². The van der Waals surface area contributed by atoms with Gasteiger partial charge in [-0.1, -0.05) is 53.2 Å². The number of nitrogens with one attached hydrogen (secondary N) is 1. The summed E-state index contributed by atoms with van der Waals surface area (Å²) in [5.74, 6) is -0.326. The summed E-state index contributed by atoms with van der Waals surface area (Å²) in [4.78, 5) is 26.4. The predicted octanol–water partition coefficient (Wildman–Crippen LogP) is 3.47. The van der Waals surface area contributed by atoms with Crippen LogP contribution in [0.1, 0.15) is 5.56 Å². The van der Waals surface area contributed by atoms with Gasteiger partial charge in [0, 0.05) is 10.6 Å². The zero-order valence-corrected chi connectivity index (χ0v) is 15.4. The van der Waals surface area contributed by atoms with Crippen LogP contribution in [0, 0.1) is 6.92 Å². The Hall–Kier alpha value is -3.32. The first-order valence-corrected chi connectivity index (χ1v) is 9.21. The molecule has 4 aromatic rings. The number of aryl methyl sites for hydroxylation is 1. The summed E-state index contributed by atoms with van der Waals surface area (Å²) in [6.45, 7) is 1.78. The third-order valence-electron chi connectivity index (χ3n) is 4.11. The minimum absolute atomic E-state index is 0.188. The molecule has 6 nitrogen and oxygen atoms in total. The van der Waals surface area contributed by atoms with Gasteiger partial charge in [0.2, 0.25) is 5.91 Å². The molecule has 2 aromatic carbocycles. The molecule has 0 spiro atoms. The van der Waals surface area contributed by atoms with E-state index < -0.39 is 0 Å². The van der Waals surface area contributed by atoms with Crippen molar-refractivity contribution in [1.29, 1.82) is 0 Å². The zero-order chi connectivity index (χ0) is 18.8. The average molecular weight is 376 g/mol. The Morgan fingerprint density at radius 2 is 1.85 bits per heavy atom. The molecule has 0 aliphatic heterocycles. The molecule has 4 rings (SSSR count). The van der Waals surface area contributed by atoms with Gasteiger partial charge in [-0.3, -0.25) is 9.59 Å². The van der Waals surface area contributed by atoms with Gasteiger partial charge >= 0.3 is 0 Å². The Balaban J connectivity index is 1.59. The molecule has 0 unspecified atom stereocenters. The number of hydrogen-bond donors (Lipinski definition) is 1. The molecule has 0 saturated heterocycles. The van der Waals surface area contributed by atoms with E-state index in [2.05, 4.69) is 15.6 Å². The van der Waals surface area contributed by atoms with Crippen LogP contribution in [-0.4, -0.2) is 20.9 Å². The maximum absolute atomic E-state index is 12.7. The van der Waals surface area contributed by atoms with E-state index in [9.17, 15) is 9.59 Å². The number of anilines is 1. The normalized spacial score (nSPS) is 10.9. The number of aromatic nitrogens is 3. The van der Waals surface area contributed by atoms with Crippen LogP contribution in [0.15, 0.2) is 65.5 Å². The molecule has 0 saturated carbocycles. The van der Waals surface area contributed by atoms with E-state index in [0.717, 1.165) is 20.7 Å². The first kappa shape index (κ1) is 17.1. The van der Waals surface area contributed by atoms with Crippen LogP contribution in [0.3, 0.4) is 0 Å². The van der Waals surface area contributed by atoms with Gasteiger partial charge in [0.1, 0.15) is 6.54 Å². The van der Waals surface area contributed by atoms with Crippen LogP contribution in [0.25, 0.3) is 20.7 Å². The number of hydrogen-bond acceptors (Lipinski definition) is 5. The fraction of sp³-hybridized carbons (Fsp3) is 0.100. The first-order valence-electron chi connectivity index (χ1n) is 8.39. The molecule has 2 aromatic heterocycles. The zero-order valence-electron chi connectivity index (χ0n) is 14.5. The van der Waals surface area contributed by atoms with E-state index in [1.54, 1.807) is 6.07 Å². The van der Waals surface area contributed by atoms with Crippen molar-refractivity contribution in [2.75, 3.05) is 5.32 Å². The largest absolute Gasteiger partial charge is 0.324 e. The SMILES string of the molecule is Cc1ccc(NC(=O)Cn2nnc3sc(-c4ccccc4)cc3c2=O)cc1. The fourth-order valence-corrected chi connectivity index (χ4v) is 3.68. The summed E-state index contributed by atoms with van der Waals surface area (Å²) in [7, 11) is 0. The lowest BCUT2D eigenvalue weighted by Crippen LogP contribution is -2.30. The Morgan fingerprint density at radius 3 is 2.59 bits per heavy atom. The van der Waals surface area contributed by atoms with Crippen molar-refractivity contribution in [3.05, 3.63) is 76.6 Å². The Bertz CT molecular complexity index is 1160. The predicted molar refractivity (Wildman–Crippen MR) is 107 cm³/mol.